The van der Waals surface area contributed by atoms with Gasteiger partial charge in [-0.05, 0) is 18.2 Å². The topological polar surface area (TPSA) is 111 Å². The summed E-state index contributed by atoms with van der Waals surface area (Å²) in [4.78, 5) is 14.3. The van der Waals surface area contributed by atoms with Crippen molar-refractivity contribution >= 4 is 37.3 Å². The highest BCUT2D eigenvalue weighted by Gasteiger charge is 2.23. The molecule has 10 heteroatoms. The standard InChI is InChI=1S/C15H13N3O5S2/c1-23-12-7-6-10(18(19)20)8-14(12)25(21,22)16-9-15-17-11-4-2-3-5-13(11)24-15/h2-8,16H,9H2,1H3. The SMILES string of the molecule is COc1ccc([N+](=O)[O-])cc1S(=O)(=O)NCc1nc2ccccc2s1. The first-order chi connectivity index (χ1) is 11.9. The van der Waals surface area contributed by atoms with Crippen LogP contribution in [0, 0.1) is 10.1 Å². The molecule has 1 heterocycles. The fraction of sp³-hybridized carbons (Fsp3) is 0.133. The second kappa shape index (κ2) is 6.75. The van der Waals surface area contributed by atoms with Crippen LogP contribution in [-0.4, -0.2) is 25.4 Å². The van der Waals surface area contributed by atoms with Gasteiger partial charge in [0.25, 0.3) is 5.69 Å². The normalized spacial score (nSPS) is 11.6. The van der Waals surface area contributed by atoms with E-state index in [1.54, 1.807) is 0 Å². The van der Waals surface area contributed by atoms with Crippen molar-refractivity contribution in [2.45, 2.75) is 11.4 Å². The fourth-order valence-corrected chi connectivity index (χ4v) is 4.39. The number of ether oxygens (including phenoxy) is 1. The van der Waals surface area contributed by atoms with Crippen molar-refractivity contribution in [2.75, 3.05) is 7.11 Å². The predicted molar refractivity (Wildman–Crippen MR) is 93.3 cm³/mol. The highest BCUT2D eigenvalue weighted by Crippen LogP contribution is 2.28. The van der Waals surface area contributed by atoms with Crippen LogP contribution >= 0.6 is 11.3 Å². The molecule has 25 heavy (non-hydrogen) atoms. The first kappa shape index (κ1) is 17.3. The number of nitrogens with one attached hydrogen (secondary N) is 1. The van der Waals surface area contributed by atoms with Crippen molar-refractivity contribution in [3.63, 3.8) is 0 Å². The molecule has 0 fully saturated rings. The molecule has 0 saturated carbocycles. The molecule has 3 aromatic rings. The number of aromatic nitrogens is 1. The summed E-state index contributed by atoms with van der Waals surface area (Å²) in [6.45, 7) is -0.0203. The van der Waals surface area contributed by atoms with Crippen LogP contribution in [0.3, 0.4) is 0 Å². The van der Waals surface area contributed by atoms with Crippen molar-refractivity contribution in [3.8, 4) is 5.75 Å². The maximum atomic E-state index is 12.5. The van der Waals surface area contributed by atoms with Gasteiger partial charge in [-0.2, -0.15) is 0 Å². The number of thiazole rings is 1. The molecule has 0 spiro atoms. The third kappa shape index (κ3) is 3.60. The summed E-state index contributed by atoms with van der Waals surface area (Å²) >= 11 is 1.37. The van der Waals surface area contributed by atoms with Crippen molar-refractivity contribution < 1.29 is 18.1 Å². The molecule has 0 atom stereocenters. The van der Waals surface area contributed by atoms with Crippen LogP contribution in [-0.2, 0) is 16.6 Å². The molecule has 0 aliphatic heterocycles. The van der Waals surface area contributed by atoms with Gasteiger partial charge in [-0.25, -0.2) is 18.1 Å². The average Bonchev–Trinajstić information content (AvgIpc) is 3.02. The lowest BCUT2D eigenvalue weighted by Gasteiger charge is -2.09. The van der Waals surface area contributed by atoms with E-state index in [0.29, 0.717) is 5.01 Å². The van der Waals surface area contributed by atoms with Crippen LogP contribution in [0.5, 0.6) is 5.75 Å². The monoisotopic (exact) mass is 379 g/mol. The number of nitro groups is 1. The number of benzene rings is 2. The summed E-state index contributed by atoms with van der Waals surface area (Å²) in [6.07, 6.45) is 0. The molecule has 1 aromatic heterocycles. The number of sulfonamides is 1. The first-order valence-corrected chi connectivity index (χ1v) is 9.37. The van der Waals surface area contributed by atoms with Gasteiger partial charge in [0, 0.05) is 12.1 Å². The summed E-state index contributed by atoms with van der Waals surface area (Å²) in [5.41, 5.74) is 0.454. The van der Waals surface area contributed by atoms with Crippen LogP contribution < -0.4 is 9.46 Å². The molecule has 0 aliphatic rings. The lowest BCUT2D eigenvalue weighted by molar-refractivity contribution is -0.385. The molecule has 0 amide bonds. The number of para-hydroxylation sites is 1. The van der Waals surface area contributed by atoms with E-state index >= 15 is 0 Å². The van der Waals surface area contributed by atoms with Crippen molar-refractivity contribution in [3.05, 3.63) is 57.6 Å². The lowest BCUT2D eigenvalue weighted by Crippen LogP contribution is -2.23. The van der Waals surface area contributed by atoms with Gasteiger partial charge >= 0.3 is 0 Å². The van der Waals surface area contributed by atoms with E-state index in [1.807, 2.05) is 24.3 Å². The number of nitrogens with zero attached hydrogens (tertiary/aromatic N) is 2. The van der Waals surface area contributed by atoms with Crippen molar-refractivity contribution in [1.29, 1.82) is 0 Å². The van der Waals surface area contributed by atoms with Gasteiger partial charge in [-0.15, -0.1) is 11.3 Å². The van der Waals surface area contributed by atoms with Gasteiger partial charge in [0.15, 0.2) is 0 Å². The summed E-state index contributed by atoms with van der Waals surface area (Å²) in [5, 5.41) is 11.5. The second-order valence-electron chi connectivity index (χ2n) is 4.99. The van der Waals surface area contributed by atoms with E-state index in [1.165, 1.54) is 30.6 Å². The van der Waals surface area contributed by atoms with Crippen molar-refractivity contribution in [2.24, 2.45) is 0 Å². The minimum absolute atomic E-state index is 0.0203. The molecule has 3 rings (SSSR count). The van der Waals surface area contributed by atoms with E-state index in [9.17, 15) is 18.5 Å². The molecular weight excluding hydrogens is 366 g/mol. The number of hydrogen-bond acceptors (Lipinski definition) is 7. The Labute approximate surface area is 147 Å². The maximum absolute atomic E-state index is 12.5. The van der Waals surface area contributed by atoms with E-state index in [2.05, 4.69) is 9.71 Å². The van der Waals surface area contributed by atoms with Gasteiger partial charge in [0.1, 0.15) is 15.7 Å². The van der Waals surface area contributed by atoms with E-state index < -0.39 is 14.9 Å². The van der Waals surface area contributed by atoms with Crippen LogP contribution in [0.1, 0.15) is 5.01 Å². The Morgan fingerprint density at radius 1 is 1.28 bits per heavy atom. The summed E-state index contributed by atoms with van der Waals surface area (Å²) in [6, 6.07) is 10.9. The van der Waals surface area contributed by atoms with Crippen LogP contribution in [0.2, 0.25) is 0 Å². The average molecular weight is 379 g/mol. The number of methoxy groups -OCH3 is 1. The van der Waals surface area contributed by atoms with Gasteiger partial charge < -0.3 is 4.74 Å². The number of hydrogen-bond donors (Lipinski definition) is 1. The number of nitro benzene ring substituents is 1. The minimum Gasteiger partial charge on any atom is -0.495 e. The Kier molecular flexibility index (Phi) is 4.66. The molecule has 130 valence electrons. The van der Waals surface area contributed by atoms with Gasteiger partial charge in [-0.1, -0.05) is 12.1 Å². The van der Waals surface area contributed by atoms with E-state index in [4.69, 9.17) is 4.74 Å². The number of non-ortho nitro benzene ring substituents is 1. The summed E-state index contributed by atoms with van der Waals surface area (Å²) in [7, 11) is -2.71. The third-order valence-corrected chi connectivity index (χ3v) is 5.86. The quantitative estimate of drug-likeness (QED) is 0.521. The van der Waals surface area contributed by atoms with E-state index in [0.717, 1.165) is 16.3 Å². The zero-order valence-corrected chi connectivity index (χ0v) is 14.6. The van der Waals surface area contributed by atoms with Crippen LogP contribution in [0.25, 0.3) is 10.2 Å². The Morgan fingerprint density at radius 2 is 2.04 bits per heavy atom. The number of rotatable bonds is 6. The Balaban J connectivity index is 1.88. The van der Waals surface area contributed by atoms with Crippen LogP contribution in [0.15, 0.2) is 47.4 Å². The van der Waals surface area contributed by atoms with Gasteiger partial charge in [0.2, 0.25) is 10.0 Å². The maximum Gasteiger partial charge on any atom is 0.271 e. The molecule has 0 aliphatic carbocycles. The smallest absolute Gasteiger partial charge is 0.271 e. The molecule has 0 unspecified atom stereocenters. The van der Waals surface area contributed by atoms with E-state index in [-0.39, 0.29) is 22.9 Å². The molecule has 0 bridgehead atoms. The second-order valence-corrected chi connectivity index (χ2v) is 7.84. The van der Waals surface area contributed by atoms with Gasteiger partial charge in [0.05, 0.1) is 28.8 Å². The summed E-state index contributed by atoms with van der Waals surface area (Å²) < 4.78 is 33.4. The molecule has 1 N–H and O–H groups in total. The largest absolute Gasteiger partial charge is 0.495 e. The number of fused-ring (bicyclic) bond motifs is 1. The lowest BCUT2D eigenvalue weighted by atomic mass is 10.3. The summed E-state index contributed by atoms with van der Waals surface area (Å²) in [5.74, 6) is 0.0300. The molecule has 0 radical (unpaired) electrons. The predicted octanol–water partition coefficient (Wildman–Crippen LogP) is 2.69. The Morgan fingerprint density at radius 3 is 2.72 bits per heavy atom. The highest BCUT2D eigenvalue weighted by molar-refractivity contribution is 7.89. The molecular formula is C15H13N3O5S2. The molecule has 2 aromatic carbocycles. The van der Waals surface area contributed by atoms with Crippen LogP contribution in [0.4, 0.5) is 5.69 Å². The molecule has 8 nitrogen and oxygen atoms in total. The highest BCUT2D eigenvalue weighted by atomic mass is 32.2. The zero-order chi connectivity index (χ0) is 18.0. The first-order valence-electron chi connectivity index (χ1n) is 7.07. The third-order valence-electron chi connectivity index (χ3n) is 3.40. The Bertz CT molecular complexity index is 1010. The minimum atomic E-state index is -4.01. The van der Waals surface area contributed by atoms with Gasteiger partial charge in [-0.3, -0.25) is 10.1 Å². The molecule has 0 saturated heterocycles. The zero-order valence-electron chi connectivity index (χ0n) is 13.0. The van der Waals surface area contributed by atoms with Crippen molar-refractivity contribution in [1.82, 2.24) is 9.71 Å². The Hall–Kier alpha value is -2.56. The fourth-order valence-electron chi connectivity index (χ4n) is 2.22.